The van der Waals surface area contributed by atoms with E-state index in [4.69, 9.17) is 14.9 Å². The van der Waals surface area contributed by atoms with Gasteiger partial charge in [0.2, 0.25) is 0 Å². The summed E-state index contributed by atoms with van der Waals surface area (Å²) in [6.07, 6.45) is 0.529. The molecule has 0 heterocycles. The lowest BCUT2D eigenvalue weighted by Gasteiger charge is -2.19. The second-order valence-corrected chi connectivity index (χ2v) is 4.30. The van der Waals surface area contributed by atoms with E-state index < -0.39 is 17.7 Å². The van der Waals surface area contributed by atoms with Crippen LogP contribution < -0.4 is 5.32 Å². The number of ether oxygens (including phenoxy) is 1. The summed E-state index contributed by atoms with van der Waals surface area (Å²) in [5, 5.41) is 18.6. The maximum absolute atomic E-state index is 10.8. The number of aliphatic hydroxyl groups excluding tert-OH is 1. The summed E-state index contributed by atoms with van der Waals surface area (Å²) in [5.74, 6) is -0.711. The van der Waals surface area contributed by atoms with Crippen LogP contribution in [0.4, 0.5) is 4.79 Å². The SMILES string of the molecule is CC(C)(C)OC(=O)NCCO.CCCC(=O)O. The van der Waals surface area contributed by atoms with Gasteiger partial charge in [0, 0.05) is 13.0 Å². The highest BCUT2D eigenvalue weighted by molar-refractivity contribution is 5.67. The van der Waals surface area contributed by atoms with Gasteiger partial charge in [-0.3, -0.25) is 4.79 Å². The molecule has 0 aliphatic heterocycles. The first kappa shape index (κ1) is 18.1. The van der Waals surface area contributed by atoms with E-state index in [9.17, 15) is 9.59 Å². The lowest BCUT2D eigenvalue weighted by atomic mass is 10.2. The minimum absolute atomic E-state index is 0.0702. The van der Waals surface area contributed by atoms with Gasteiger partial charge in [-0.2, -0.15) is 0 Å². The number of rotatable bonds is 4. The first-order valence-electron chi connectivity index (χ1n) is 5.52. The summed E-state index contributed by atoms with van der Waals surface area (Å²) in [4.78, 5) is 20.4. The van der Waals surface area contributed by atoms with Crippen LogP contribution in [0.2, 0.25) is 0 Å². The minimum atomic E-state index is -0.711. The fraction of sp³-hybridized carbons (Fsp3) is 0.818. The molecule has 6 heteroatoms. The minimum Gasteiger partial charge on any atom is -0.481 e. The Kier molecular flexibility index (Phi) is 10.5. The molecule has 1 amide bonds. The number of aliphatic hydroxyl groups is 1. The quantitative estimate of drug-likeness (QED) is 0.699. The van der Waals surface area contributed by atoms with E-state index in [-0.39, 0.29) is 13.2 Å². The Labute approximate surface area is 102 Å². The van der Waals surface area contributed by atoms with Crippen molar-refractivity contribution in [3.05, 3.63) is 0 Å². The standard InChI is InChI=1S/C7H15NO3.C4H8O2/c1-7(2,3)11-6(10)8-4-5-9;1-2-3-4(5)6/h9H,4-5H2,1-3H3,(H,8,10);2-3H2,1H3,(H,5,6). The topological polar surface area (TPSA) is 95.9 Å². The number of hydrogen-bond acceptors (Lipinski definition) is 4. The fourth-order valence-electron chi connectivity index (χ4n) is 0.686. The summed E-state index contributed by atoms with van der Waals surface area (Å²) < 4.78 is 4.88. The van der Waals surface area contributed by atoms with E-state index in [2.05, 4.69) is 5.32 Å². The molecule has 0 atom stereocenters. The Morgan fingerprint density at radius 1 is 1.29 bits per heavy atom. The van der Waals surface area contributed by atoms with Crippen LogP contribution in [0.25, 0.3) is 0 Å². The average molecular weight is 249 g/mol. The van der Waals surface area contributed by atoms with Crippen molar-refractivity contribution in [1.82, 2.24) is 5.32 Å². The van der Waals surface area contributed by atoms with Crippen molar-refractivity contribution < 1.29 is 24.5 Å². The first-order valence-corrected chi connectivity index (χ1v) is 5.52. The monoisotopic (exact) mass is 249 g/mol. The van der Waals surface area contributed by atoms with Crippen molar-refractivity contribution in [2.24, 2.45) is 0 Å². The number of aliphatic carboxylic acids is 1. The van der Waals surface area contributed by atoms with Crippen molar-refractivity contribution in [2.75, 3.05) is 13.2 Å². The lowest BCUT2D eigenvalue weighted by molar-refractivity contribution is -0.137. The Hall–Kier alpha value is -1.30. The van der Waals surface area contributed by atoms with Gasteiger partial charge in [-0.1, -0.05) is 6.92 Å². The molecule has 0 spiro atoms. The molecule has 0 saturated carbocycles. The van der Waals surface area contributed by atoms with Crippen LogP contribution in [0, 0.1) is 0 Å². The predicted octanol–water partition coefficient (Wildman–Crippen LogP) is 1.37. The van der Waals surface area contributed by atoms with Crippen LogP contribution in [-0.4, -0.2) is 41.0 Å². The summed E-state index contributed by atoms with van der Waals surface area (Å²) in [6, 6.07) is 0. The summed E-state index contributed by atoms with van der Waals surface area (Å²) in [7, 11) is 0. The van der Waals surface area contributed by atoms with Gasteiger partial charge in [-0.25, -0.2) is 4.79 Å². The summed E-state index contributed by atoms with van der Waals surface area (Å²) in [5.41, 5.74) is -0.473. The van der Waals surface area contributed by atoms with E-state index in [1.807, 2.05) is 6.92 Å². The summed E-state index contributed by atoms with van der Waals surface area (Å²) in [6.45, 7) is 7.35. The number of carboxylic acids is 1. The molecule has 6 nitrogen and oxygen atoms in total. The third kappa shape index (κ3) is 20.7. The molecule has 0 aliphatic rings. The molecule has 3 N–H and O–H groups in total. The van der Waals surface area contributed by atoms with Crippen molar-refractivity contribution in [2.45, 2.75) is 46.1 Å². The number of carboxylic acid groups (broad SMARTS) is 1. The van der Waals surface area contributed by atoms with E-state index in [0.717, 1.165) is 6.42 Å². The van der Waals surface area contributed by atoms with Crippen LogP contribution in [0.3, 0.4) is 0 Å². The third-order valence-electron chi connectivity index (χ3n) is 1.24. The number of carbonyl (C=O) groups excluding carboxylic acids is 1. The summed E-state index contributed by atoms with van der Waals surface area (Å²) >= 11 is 0. The molecular formula is C11H23NO5. The number of carbonyl (C=O) groups is 2. The van der Waals surface area contributed by atoms with Crippen LogP contribution in [0.15, 0.2) is 0 Å². The molecule has 0 unspecified atom stereocenters. The van der Waals surface area contributed by atoms with Crippen LogP contribution in [-0.2, 0) is 9.53 Å². The number of hydrogen-bond donors (Lipinski definition) is 3. The van der Waals surface area contributed by atoms with Crippen molar-refractivity contribution in [3.8, 4) is 0 Å². The molecule has 0 saturated heterocycles. The van der Waals surface area contributed by atoms with Crippen LogP contribution >= 0.6 is 0 Å². The second kappa shape index (κ2) is 9.89. The lowest BCUT2D eigenvalue weighted by Crippen LogP contribution is -2.33. The van der Waals surface area contributed by atoms with Crippen molar-refractivity contribution >= 4 is 12.1 Å². The van der Waals surface area contributed by atoms with Crippen molar-refractivity contribution in [3.63, 3.8) is 0 Å². The molecule has 0 rings (SSSR count). The maximum atomic E-state index is 10.8. The molecular weight excluding hydrogens is 226 g/mol. The largest absolute Gasteiger partial charge is 0.481 e. The van der Waals surface area contributed by atoms with Gasteiger partial charge >= 0.3 is 12.1 Å². The van der Waals surface area contributed by atoms with Gasteiger partial charge < -0.3 is 20.3 Å². The Bertz CT molecular complexity index is 222. The molecule has 0 aromatic heterocycles. The zero-order valence-corrected chi connectivity index (χ0v) is 10.9. The number of alkyl carbamates (subject to hydrolysis) is 1. The zero-order chi connectivity index (χ0) is 13.9. The molecule has 0 radical (unpaired) electrons. The highest BCUT2D eigenvalue weighted by Gasteiger charge is 2.14. The van der Waals surface area contributed by atoms with E-state index in [1.54, 1.807) is 20.8 Å². The Balaban J connectivity index is 0. The Morgan fingerprint density at radius 3 is 2.06 bits per heavy atom. The molecule has 0 aliphatic carbocycles. The van der Waals surface area contributed by atoms with Gasteiger partial charge in [-0.05, 0) is 27.2 Å². The highest BCUT2D eigenvalue weighted by Crippen LogP contribution is 2.05. The van der Waals surface area contributed by atoms with Gasteiger partial charge in [0.05, 0.1) is 6.61 Å². The normalized spacial score (nSPS) is 9.94. The highest BCUT2D eigenvalue weighted by atomic mass is 16.6. The average Bonchev–Trinajstić information content (AvgIpc) is 2.12. The fourth-order valence-corrected chi connectivity index (χ4v) is 0.686. The van der Waals surface area contributed by atoms with Gasteiger partial charge in [0.25, 0.3) is 0 Å². The molecule has 17 heavy (non-hydrogen) atoms. The maximum Gasteiger partial charge on any atom is 0.407 e. The van der Waals surface area contributed by atoms with Gasteiger partial charge in [-0.15, -0.1) is 0 Å². The van der Waals surface area contributed by atoms with E-state index in [1.165, 1.54) is 0 Å². The zero-order valence-electron chi connectivity index (χ0n) is 10.9. The molecule has 0 aromatic rings. The van der Waals surface area contributed by atoms with Gasteiger partial charge in [0.15, 0.2) is 0 Å². The predicted molar refractivity (Wildman–Crippen MR) is 63.9 cm³/mol. The Morgan fingerprint density at radius 2 is 1.82 bits per heavy atom. The second-order valence-electron chi connectivity index (χ2n) is 4.30. The smallest absolute Gasteiger partial charge is 0.407 e. The molecule has 0 aromatic carbocycles. The van der Waals surface area contributed by atoms with E-state index >= 15 is 0 Å². The first-order chi connectivity index (χ1) is 7.72. The van der Waals surface area contributed by atoms with Crippen LogP contribution in [0.5, 0.6) is 0 Å². The van der Waals surface area contributed by atoms with Gasteiger partial charge in [0.1, 0.15) is 5.60 Å². The molecule has 102 valence electrons. The molecule has 0 bridgehead atoms. The number of nitrogens with one attached hydrogen (secondary N) is 1. The number of amides is 1. The van der Waals surface area contributed by atoms with Crippen molar-refractivity contribution in [1.29, 1.82) is 0 Å². The van der Waals surface area contributed by atoms with E-state index in [0.29, 0.717) is 6.42 Å². The van der Waals surface area contributed by atoms with Crippen LogP contribution in [0.1, 0.15) is 40.5 Å². The molecule has 0 fully saturated rings. The third-order valence-corrected chi connectivity index (χ3v) is 1.24.